The molecule has 0 aliphatic carbocycles. The molecule has 0 aliphatic heterocycles. The van der Waals surface area contributed by atoms with Crippen LogP contribution in [0.25, 0.3) is 10.2 Å². The van der Waals surface area contributed by atoms with Crippen molar-refractivity contribution in [1.29, 1.82) is 0 Å². The van der Waals surface area contributed by atoms with Gasteiger partial charge in [-0.05, 0) is 19.4 Å². The van der Waals surface area contributed by atoms with Gasteiger partial charge >= 0.3 is 0 Å². The molecule has 0 aliphatic rings. The Morgan fingerprint density at radius 1 is 1.40 bits per heavy atom. The third-order valence-corrected chi connectivity index (χ3v) is 3.85. The van der Waals surface area contributed by atoms with Crippen LogP contribution in [0.3, 0.4) is 0 Å². The standard InChI is InChI=1S/C14H16N4OS/c1-3-4-18-8-10(7-16-18)19-13-6-12-14(5-11(13)15)20-9(2)17-12/h5-8H,3-4,15H2,1-2H3. The number of rotatable bonds is 4. The summed E-state index contributed by atoms with van der Waals surface area (Å²) in [5, 5.41) is 5.26. The van der Waals surface area contributed by atoms with Crippen molar-refractivity contribution in [3.05, 3.63) is 29.5 Å². The lowest BCUT2D eigenvalue weighted by molar-refractivity contribution is 0.483. The normalized spacial score (nSPS) is 11.1. The minimum atomic E-state index is 0.615. The molecule has 0 spiro atoms. The lowest BCUT2D eigenvalue weighted by Gasteiger charge is -2.06. The van der Waals surface area contributed by atoms with Gasteiger partial charge in [0.1, 0.15) is 0 Å². The lowest BCUT2D eigenvalue weighted by atomic mass is 10.3. The molecule has 3 aromatic rings. The van der Waals surface area contributed by atoms with Crippen molar-refractivity contribution >= 4 is 27.2 Å². The van der Waals surface area contributed by atoms with Gasteiger partial charge in [0, 0.05) is 12.6 Å². The second-order valence-electron chi connectivity index (χ2n) is 4.63. The molecule has 20 heavy (non-hydrogen) atoms. The highest BCUT2D eigenvalue weighted by molar-refractivity contribution is 7.18. The second-order valence-corrected chi connectivity index (χ2v) is 5.87. The van der Waals surface area contributed by atoms with Gasteiger partial charge in [0.25, 0.3) is 0 Å². The average Bonchev–Trinajstić information content (AvgIpc) is 2.96. The maximum absolute atomic E-state index is 6.04. The van der Waals surface area contributed by atoms with Crippen LogP contribution in [0.2, 0.25) is 0 Å². The number of nitrogens with two attached hydrogens (primary N) is 1. The van der Waals surface area contributed by atoms with Crippen molar-refractivity contribution < 1.29 is 4.74 Å². The summed E-state index contributed by atoms with van der Waals surface area (Å²) in [4.78, 5) is 4.45. The zero-order chi connectivity index (χ0) is 14.1. The predicted octanol–water partition coefficient (Wildman–Crippen LogP) is 3.59. The molecule has 3 rings (SSSR count). The van der Waals surface area contributed by atoms with E-state index < -0.39 is 0 Å². The highest BCUT2D eigenvalue weighted by atomic mass is 32.1. The molecule has 104 valence electrons. The third kappa shape index (κ3) is 2.46. The number of nitrogens with zero attached hydrogens (tertiary/aromatic N) is 3. The summed E-state index contributed by atoms with van der Waals surface area (Å²) in [6, 6.07) is 3.79. The Balaban J connectivity index is 1.90. The van der Waals surface area contributed by atoms with Crippen LogP contribution in [0.15, 0.2) is 24.5 Å². The van der Waals surface area contributed by atoms with E-state index in [9.17, 15) is 0 Å². The fourth-order valence-corrected chi connectivity index (χ4v) is 2.91. The molecule has 5 nitrogen and oxygen atoms in total. The Kier molecular flexibility index (Phi) is 3.31. The maximum atomic E-state index is 6.04. The van der Waals surface area contributed by atoms with Gasteiger partial charge < -0.3 is 10.5 Å². The van der Waals surface area contributed by atoms with Crippen LogP contribution in [-0.4, -0.2) is 14.8 Å². The van der Waals surface area contributed by atoms with E-state index in [1.807, 2.05) is 29.9 Å². The van der Waals surface area contributed by atoms with E-state index in [-0.39, 0.29) is 0 Å². The fraction of sp³-hybridized carbons (Fsp3) is 0.286. The zero-order valence-electron chi connectivity index (χ0n) is 11.5. The summed E-state index contributed by atoms with van der Waals surface area (Å²) < 4.78 is 8.75. The molecule has 0 bridgehead atoms. The molecule has 6 heteroatoms. The van der Waals surface area contributed by atoms with Crippen LogP contribution in [0.4, 0.5) is 5.69 Å². The number of aromatic nitrogens is 3. The Labute approximate surface area is 121 Å². The fourth-order valence-electron chi connectivity index (χ4n) is 2.05. The number of hydrogen-bond acceptors (Lipinski definition) is 5. The molecule has 0 saturated carbocycles. The highest BCUT2D eigenvalue weighted by Crippen LogP contribution is 2.33. The van der Waals surface area contributed by atoms with Crippen molar-refractivity contribution in [2.75, 3.05) is 5.73 Å². The number of fused-ring (bicyclic) bond motifs is 1. The van der Waals surface area contributed by atoms with E-state index in [1.54, 1.807) is 17.5 Å². The summed E-state index contributed by atoms with van der Waals surface area (Å²) in [5.41, 5.74) is 7.57. The molecule has 2 heterocycles. The zero-order valence-corrected chi connectivity index (χ0v) is 12.3. The Morgan fingerprint density at radius 2 is 2.25 bits per heavy atom. The van der Waals surface area contributed by atoms with Crippen molar-refractivity contribution in [1.82, 2.24) is 14.8 Å². The summed E-state index contributed by atoms with van der Waals surface area (Å²) in [5.74, 6) is 1.32. The van der Waals surface area contributed by atoms with E-state index in [4.69, 9.17) is 10.5 Å². The van der Waals surface area contributed by atoms with E-state index in [0.717, 1.165) is 28.2 Å². The first-order valence-corrected chi connectivity index (χ1v) is 7.34. The molecule has 0 unspecified atom stereocenters. The van der Waals surface area contributed by atoms with Gasteiger partial charge in [0.15, 0.2) is 11.5 Å². The van der Waals surface area contributed by atoms with Crippen LogP contribution >= 0.6 is 11.3 Å². The van der Waals surface area contributed by atoms with Crippen LogP contribution in [0.1, 0.15) is 18.4 Å². The van der Waals surface area contributed by atoms with E-state index in [0.29, 0.717) is 17.2 Å². The minimum Gasteiger partial charge on any atom is -0.452 e. The van der Waals surface area contributed by atoms with Crippen LogP contribution < -0.4 is 10.5 Å². The van der Waals surface area contributed by atoms with Crippen LogP contribution in [0, 0.1) is 6.92 Å². The van der Waals surface area contributed by atoms with Gasteiger partial charge in [-0.1, -0.05) is 6.92 Å². The van der Waals surface area contributed by atoms with Crippen molar-refractivity contribution in [3.63, 3.8) is 0 Å². The number of benzene rings is 1. The first kappa shape index (κ1) is 12.9. The first-order valence-electron chi connectivity index (χ1n) is 6.52. The van der Waals surface area contributed by atoms with Gasteiger partial charge in [-0.3, -0.25) is 4.68 Å². The average molecular weight is 288 g/mol. The van der Waals surface area contributed by atoms with Gasteiger partial charge in [-0.2, -0.15) is 5.10 Å². The molecular weight excluding hydrogens is 272 g/mol. The predicted molar refractivity (Wildman–Crippen MR) is 81.4 cm³/mol. The molecule has 0 radical (unpaired) electrons. The molecular formula is C14H16N4OS. The van der Waals surface area contributed by atoms with E-state index in [2.05, 4.69) is 17.0 Å². The Morgan fingerprint density at radius 3 is 3.05 bits per heavy atom. The van der Waals surface area contributed by atoms with E-state index >= 15 is 0 Å². The number of ether oxygens (including phenoxy) is 1. The molecule has 0 atom stereocenters. The molecule has 2 aromatic heterocycles. The summed E-state index contributed by atoms with van der Waals surface area (Å²) >= 11 is 1.63. The molecule has 1 aromatic carbocycles. The molecule has 0 saturated heterocycles. The summed E-state index contributed by atoms with van der Waals surface area (Å²) in [6.07, 6.45) is 4.61. The monoisotopic (exact) mass is 288 g/mol. The highest BCUT2D eigenvalue weighted by Gasteiger charge is 2.09. The van der Waals surface area contributed by atoms with Gasteiger partial charge in [-0.15, -0.1) is 11.3 Å². The lowest BCUT2D eigenvalue weighted by Crippen LogP contribution is -1.95. The number of thiazole rings is 1. The quantitative estimate of drug-likeness (QED) is 0.745. The van der Waals surface area contributed by atoms with Crippen molar-refractivity contribution in [3.8, 4) is 11.5 Å². The van der Waals surface area contributed by atoms with Crippen molar-refractivity contribution in [2.24, 2.45) is 0 Å². The number of hydrogen-bond donors (Lipinski definition) is 1. The largest absolute Gasteiger partial charge is 0.452 e. The first-order chi connectivity index (χ1) is 9.65. The van der Waals surface area contributed by atoms with Gasteiger partial charge in [0.2, 0.25) is 0 Å². The van der Waals surface area contributed by atoms with Crippen molar-refractivity contribution in [2.45, 2.75) is 26.8 Å². The van der Waals surface area contributed by atoms with Crippen LogP contribution in [-0.2, 0) is 6.54 Å². The Bertz CT molecular complexity index is 747. The second kappa shape index (κ2) is 5.13. The topological polar surface area (TPSA) is 66.0 Å². The third-order valence-electron chi connectivity index (χ3n) is 2.92. The maximum Gasteiger partial charge on any atom is 0.165 e. The number of nitrogen functional groups attached to an aromatic ring is 1. The summed E-state index contributed by atoms with van der Waals surface area (Å²) in [7, 11) is 0. The van der Waals surface area contributed by atoms with E-state index in [1.165, 1.54) is 0 Å². The Hall–Kier alpha value is -2.08. The smallest absolute Gasteiger partial charge is 0.165 e. The number of anilines is 1. The minimum absolute atomic E-state index is 0.615. The van der Waals surface area contributed by atoms with Gasteiger partial charge in [-0.25, -0.2) is 4.98 Å². The van der Waals surface area contributed by atoms with Gasteiger partial charge in [0.05, 0.1) is 33.3 Å². The molecule has 0 fully saturated rings. The van der Waals surface area contributed by atoms with Crippen LogP contribution in [0.5, 0.6) is 11.5 Å². The summed E-state index contributed by atoms with van der Waals surface area (Å²) in [6.45, 7) is 4.97. The SMILES string of the molecule is CCCn1cc(Oc2cc3nc(C)sc3cc2N)cn1. The molecule has 2 N–H and O–H groups in total. The number of aryl methyl sites for hydroxylation is 2. The molecule has 0 amide bonds.